The maximum absolute atomic E-state index is 2.43. The third-order valence-electron chi connectivity index (χ3n) is 3.21. The second-order valence-corrected chi connectivity index (χ2v) is 12.3. The molecule has 0 bridgehead atoms. The Balaban J connectivity index is 0. The third-order valence-corrected chi connectivity index (χ3v) is 6.11. The minimum absolute atomic E-state index is 0. The molecule has 108 valence electrons. The zero-order valence-corrected chi connectivity index (χ0v) is 16.8. The number of halogens is 3. The Kier molecular flexibility index (Phi) is 10.1. The van der Waals surface area contributed by atoms with E-state index in [1.165, 1.54) is 5.56 Å². The van der Waals surface area contributed by atoms with Crippen LogP contribution in [0.4, 0.5) is 0 Å². The van der Waals surface area contributed by atoms with Gasteiger partial charge in [-0.2, -0.15) is 0 Å². The summed E-state index contributed by atoms with van der Waals surface area (Å²) < 4.78 is 0.218. The maximum Gasteiger partial charge on any atom is -1.00 e. The predicted molar refractivity (Wildman–Crippen MR) is 74.1 cm³/mol. The Hall–Kier alpha value is 0.501. The molecule has 0 saturated heterocycles. The molecule has 5 heteroatoms. The number of allylic oxidation sites excluding steroid dienone is 4. The summed E-state index contributed by atoms with van der Waals surface area (Å²) in [5.41, 5.74) is 1.53. The first-order chi connectivity index (χ1) is 7.91. The molecule has 20 heavy (non-hydrogen) atoms. The van der Waals surface area contributed by atoms with Gasteiger partial charge in [0.1, 0.15) is 0 Å². The first-order valence-electron chi connectivity index (χ1n) is 6.11. The molecule has 1 aromatic rings. The fraction of sp³-hybridized carbons (Fsp3) is 0.333. The predicted octanol–water partition coefficient (Wildman–Crippen LogP) is -5.38. The van der Waals surface area contributed by atoms with Gasteiger partial charge >= 0.3 is 118 Å². The van der Waals surface area contributed by atoms with Gasteiger partial charge in [-0.25, -0.2) is 0 Å². The van der Waals surface area contributed by atoms with Crippen molar-refractivity contribution in [2.75, 3.05) is 0 Å². The fourth-order valence-corrected chi connectivity index (χ4v) is 4.68. The monoisotopic (exact) mass is 380 g/mol. The van der Waals surface area contributed by atoms with Crippen molar-refractivity contribution in [3.05, 3.63) is 54.1 Å². The zero-order chi connectivity index (χ0) is 12.5. The van der Waals surface area contributed by atoms with Crippen LogP contribution in [0, 0.1) is 0 Å². The van der Waals surface area contributed by atoms with Gasteiger partial charge in [-0.3, -0.25) is 0 Å². The van der Waals surface area contributed by atoms with Crippen LogP contribution in [0.25, 0.3) is 0 Å². The van der Waals surface area contributed by atoms with Gasteiger partial charge in [-0.1, -0.05) is 0 Å². The van der Waals surface area contributed by atoms with Gasteiger partial charge in [-0.05, 0) is 0 Å². The molecule has 0 amide bonds. The van der Waals surface area contributed by atoms with E-state index >= 15 is 0 Å². The standard InChI is InChI=1S/C15H19Si.3ClH.Ti/c1-16(2,3)15-11-7-6-10-14(15)12-13-8-4-5-9-13;;;;/h4-11H,12H2,1-3H3;3*1H;/q;;;;+3/p-3. The Morgan fingerprint density at radius 2 is 1.45 bits per heavy atom. The molecule has 2 rings (SSSR count). The van der Waals surface area contributed by atoms with Gasteiger partial charge in [0.15, 0.2) is 0 Å². The van der Waals surface area contributed by atoms with E-state index in [0.29, 0.717) is 0 Å². The summed E-state index contributed by atoms with van der Waals surface area (Å²) in [7, 11) is -1.23. The molecule has 0 N–H and O–H groups in total. The molecule has 0 aliphatic heterocycles. The average Bonchev–Trinajstić information content (AvgIpc) is 2.64. The van der Waals surface area contributed by atoms with Crippen LogP contribution in [0.15, 0.2) is 48.6 Å². The van der Waals surface area contributed by atoms with Crippen LogP contribution in [0.3, 0.4) is 0 Å². The van der Waals surface area contributed by atoms with Crippen molar-refractivity contribution in [2.24, 2.45) is 0 Å². The molecule has 0 unspecified atom stereocenters. The summed E-state index contributed by atoms with van der Waals surface area (Å²) in [6.45, 7) is 7.28. The van der Waals surface area contributed by atoms with Crippen LogP contribution in [0.2, 0.25) is 23.4 Å². The minimum Gasteiger partial charge on any atom is -1.00 e. The Morgan fingerprint density at radius 3 is 1.95 bits per heavy atom. The van der Waals surface area contributed by atoms with Crippen LogP contribution in [0.1, 0.15) is 5.56 Å². The molecule has 0 saturated carbocycles. The van der Waals surface area contributed by atoms with E-state index in [1.807, 2.05) is 0 Å². The van der Waals surface area contributed by atoms with Crippen LogP contribution in [-0.4, -0.2) is 8.07 Å². The van der Waals surface area contributed by atoms with Crippen molar-refractivity contribution < 1.29 is 57.7 Å². The van der Waals surface area contributed by atoms with Crippen molar-refractivity contribution in [1.82, 2.24) is 0 Å². The third kappa shape index (κ3) is 5.71. The quantitative estimate of drug-likeness (QED) is 0.459. The van der Waals surface area contributed by atoms with Crippen molar-refractivity contribution in [2.45, 2.75) is 29.8 Å². The Bertz CT molecular complexity index is 466. The summed E-state index contributed by atoms with van der Waals surface area (Å²) in [6.07, 6.45) is 10.1. The Labute approximate surface area is 154 Å². The normalized spacial score (nSPS) is 15.1. The van der Waals surface area contributed by atoms with Crippen molar-refractivity contribution in [3.63, 3.8) is 0 Å². The summed E-state index contributed by atoms with van der Waals surface area (Å²) >= 11 is 2.31. The van der Waals surface area contributed by atoms with E-state index < -0.39 is 8.07 Å². The van der Waals surface area contributed by atoms with Crippen LogP contribution in [0.5, 0.6) is 0 Å². The van der Waals surface area contributed by atoms with Gasteiger partial charge in [0.2, 0.25) is 0 Å². The van der Waals surface area contributed by atoms with Gasteiger partial charge < -0.3 is 37.2 Å². The molecule has 1 aromatic carbocycles. The van der Waals surface area contributed by atoms with Crippen LogP contribution >= 0.6 is 0 Å². The molecule has 0 nitrogen and oxygen atoms in total. The topological polar surface area (TPSA) is 0 Å². The zero-order valence-electron chi connectivity index (χ0n) is 12.0. The van der Waals surface area contributed by atoms with Gasteiger partial charge in [0.25, 0.3) is 0 Å². The van der Waals surface area contributed by atoms with E-state index in [0.717, 1.165) is 6.42 Å². The van der Waals surface area contributed by atoms with Crippen LogP contribution in [-0.2, 0) is 26.9 Å². The molecule has 0 atom stereocenters. The smallest absolute Gasteiger partial charge is 1.00 e. The van der Waals surface area contributed by atoms with Crippen molar-refractivity contribution >= 4 is 13.3 Å². The molecule has 0 heterocycles. The van der Waals surface area contributed by atoms with Gasteiger partial charge in [0, 0.05) is 0 Å². The molecule has 0 fully saturated rings. The minimum atomic E-state index is -1.23. The molecule has 0 spiro atoms. The number of benzene rings is 1. The van der Waals surface area contributed by atoms with Crippen LogP contribution < -0.4 is 42.4 Å². The fourth-order valence-electron chi connectivity index (χ4n) is 2.35. The average molecular weight is 382 g/mol. The van der Waals surface area contributed by atoms with Crippen molar-refractivity contribution in [3.8, 4) is 0 Å². The summed E-state index contributed by atoms with van der Waals surface area (Å²) in [6, 6.07) is 8.98. The summed E-state index contributed by atoms with van der Waals surface area (Å²) in [4.78, 5) is 0. The molecule has 0 aromatic heterocycles. The van der Waals surface area contributed by atoms with Gasteiger partial charge in [-0.15, -0.1) is 0 Å². The molecule has 0 radical (unpaired) electrons. The summed E-state index contributed by atoms with van der Waals surface area (Å²) in [5.74, 6) is 0. The second kappa shape index (κ2) is 8.83. The van der Waals surface area contributed by atoms with E-state index in [-0.39, 0.29) is 40.9 Å². The van der Waals surface area contributed by atoms with E-state index in [2.05, 4.69) is 88.6 Å². The van der Waals surface area contributed by atoms with Crippen molar-refractivity contribution in [1.29, 1.82) is 0 Å². The summed E-state index contributed by atoms with van der Waals surface area (Å²) in [5, 5.41) is 1.61. The van der Waals surface area contributed by atoms with E-state index in [1.54, 1.807) is 5.19 Å². The van der Waals surface area contributed by atoms with E-state index in [9.17, 15) is 0 Å². The van der Waals surface area contributed by atoms with E-state index in [4.69, 9.17) is 0 Å². The largest absolute Gasteiger partial charge is 1.00 e. The number of rotatable bonds is 3. The molecular formula is C15H19Cl3SiTi. The first-order valence-corrected chi connectivity index (χ1v) is 10.4. The number of hydrogen-bond acceptors (Lipinski definition) is 0. The SMILES string of the molecule is C[Si](C)(C)c1ccccc1C[C]1([Ti+3])C=CC=C1.[Cl-].[Cl-].[Cl-]. The molecule has 1 aliphatic rings. The second-order valence-electron chi connectivity index (χ2n) is 5.84. The number of hydrogen-bond donors (Lipinski definition) is 0. The molecular weight excluding hydrogens is 362 g/mol. The Morgan fingerprint density at radius 1 is 0.950 bits per heavy atom. The van der Waals surface area contributed by atoms with Gasteiger partial charge in [0.05, 0.1) is 0 Å². The maximum atomic E-state index is 2.43. The first kappa shape index (κ1) is 22.8. The molecule has 1 aliphatic carbocycles.